The Kier molecular flexibility index (Phi) is 6.26. The van der Waals surface area contributed by atoms with Crippen LogP contribution in [0.1, 0.15) is 10.4 Å². The molecule has 0 saturated carbocycles. The molecule has 2 aromatic heterocycles. The first kappa shape index (κ1) is 22.0. The fourth-order valence-corrected chi connectivity index (χ4v) is 4.08. The summed E-state index contributed by atoms with van der Waals surface area (Å²) in [7, 11) is -3.10. The Bertz CT molecular complexity index is 1480. The number of anilines is 3. The number of thiol groups is 1. The molecule has 2 aromatic carbocycles. The zero-order valence-corrected chi connectivity index (χ0v) is 19.2. The van der Waals surface area contributed by atoms with Crippen LogP contribution in [0.25, 0.3) is 11.0 Å². The smallest absolute Gasteiger partial charge is 0.336 e. The molecule has 0 unspecified atom stereocenters. The van der Waals surface area contributed by atoms with Crippen LogP contribution in [0.3, 0.4) is 0 Å². The Morgan fingerprint density at radius 2 is 1.91 bits per heavy atom. The number of fused-ring (bicyclic) bond motifs is 1. The van der Waals surface area contributed by atoms with Crippen LogP contribution in [0.5, 0.6) is 0 Å². The summed E-state index contributed by atoms with van der Waals surface area (Å²) in [4.78, 5) is 28.6. The summed E-state index contributed by atoms with van der Waals surface area (Å²) in [6, 6.07) is 15.3. The van der Waals surface area contributed by atoms with Crippen LogP contribution in [0.4, 0.5) is 17.2 Å². The maximum Gasteiger partial charge on any atom is 0.336 e. The molecule has 0 bridgehead atoms. The van der Waals surface area contributed by atoms with Crippen molar-refractivity contribution in [1.29, 1.82) is 0 Å². The maximum atomic E-state index is 12.9. The molecule has 2 heterocycles. The first-order chi connectivity index (χ1) is 15.3. The van der Waals surface area contributed by atoms with E-state index in [0.717, 1.165) is 4.31 Å². The van der Waals surface area contributed by atoms with Gasteiger partial charge in [0.2, 0.25) is 10.9 Å². The van der Waals surface area contributed by atoms with Gasteiger partial charge in [0.25, 0.3) is 5.91 Å². The average Bonchev–Trinajstić information content (AvgIpc) is 2.76. The van der Waals surface area contributed by atoms with E-state index in [9.17, 15) is 18.0 Å². The van der Waals surface area contributed by atoms with Crippen LogP contribution in [0.15, 0.2) is 80.5 Å². The van der Waals surface area contributed by atoms with E-state index in [2.05, 4.69) is 26.2 Å². The second-order valence-corrected chi connectivity index (χ2v) is 8.62. The minimum atomic E-state index is -3.10. The van der Waals surface area contributed by atoms with Crippen molar-refractivity contribution in [2.75, 3.05) is 9.62 Å². The number of rotatable bonds is 5. The molecule has 1 N–H and O–H groups in total. The van der Waals surface area contributed by atoms with Gasteiger partial charge in [0.15, 0.2) is 5.58 Å². The van der Waals surface area contributed by atoms with Crippen molar-refractivity contribution >= 4 is 72.5 Å². The summed E-state index contributed by atoms with van der Waals surface area (Å²) < 4.78 is 30.6. The van der Waals surface area contributed by atoms with Gasteiger partial charge in [0.1, 0.15) is 5.82 Å². The normalized spacial score (nSPS) is 11.0. The summed E-state index contributed by atoms with van der Waals surface area (Å²) in [5.74, 6) is -0.466. The van der Waals surface area contributed by atoms with Gasteiger partial charge in [-0.3, -0.25) is 4.79 Å². The summed E-state index contributed by atoms with van der Waals surface area (Å²) in [5.41, 5.74) is 0.344. The number of nitrogens with zero attached hydrogens (tertiary/aromatic N) is 2. The number of hydrogen-bond acceptors (Lipinski definition) is 6. The minimum absolute atomic E-state index is 0.0672. The van der Waals surface area contributed by atoms with Crippen molar-refractivity contribution in [2.24, 2.45) is 0 Å². The van der Waals surface area contributed by atoms with Crippen LogP contribution >= 0.6 is 27.5 Å². The van der Waals surface area contributed by atoms with Crippen molar-refractivity contribution in [3.63, 3.8) is 0 Å². The average molecular weight is 535 g/mol. The van der Waals surface area contributed by atoms with E-state index in [0.29, 0.717) is 26.3 Å². The van der Waals surface area contributed by atoms with Crippen LogP contribution in [-0.4, -0.2) is 19.3 Å². The quantitative estimate of drug-likeness (QED) is 0.288. The Labute approximate surface area is 196 Å². The lowest BCUT2D eigenvalue weighted by Crippen LogP contribution is -2.17. The lowest BCUT2D eigenvalue weighted by molar-refractivity contribution is 0.102. The lowest BCUT2D eigenvalue weighted by Gasteiger charge is -2.18. The Morgan fingerprint density at radius 3 is 2.66 bits per heavy atom. The molecule has 32 heavy (non-hydrogen) atoms. The molecule has 0 aliphatic heterocycles. The zero-order chi connectivity index (χ0) is 22.8. The highest BCUT2D eigenvalue weighted by Gasteiger charge is 2.17. The van der Waals surface area contributed by atoms with E-state index in [1.54, 1.807) is 30.3 Å². The summed E-state index contributed by atoms with van der Waals surface area (Å²) in [6.07, 6.45) is 1.37. The molecule has 162 valence electrons. The fourth-order valence-electron chi connectivity index (χ4n) is 3.01. The number of carbonyl (C=O) groups is 1. The first-order valence-corrected chi connectivity index (χ1v) is 11.3. The molecule has 0 aliphatic carbocycles. The largest absolute Gasteiger partial charge is 0.422 e. The molecule has 8 nitrogen and oxygen atoms in total. The first-order valence-electron chi connectivity index (χ1n) is 9.03. The van der Waals surface area contributed by atoms with Gasteiger partial charge in [0.05, 0.1) is 16.3 Å². The standard InChI is InChI=1S/C21H13BrClN3O5S/c22-16-11-14(5-6-17(16)23)26(32(29)30)18-10-13(8-9-24-18)25-21(28)15-3-1-2-12-4-7-19(27)31-20(12)15/h1-11,32H,(H,24,25,28). The van der Waals surface area contributed by atoms with Gasteiger partial charge in [-0.05, 0) is 52.3 Å². The van der Waals surface area contributed by atoms with Gasteiger partial charge in [-0.25, -0.2) is 22.5 Å². The number of nitrogens with one attached hydrogen (secondary N) is 1. The van der Waals surface area contributed by atoms with Crippen molar-refractivity contribution < 1.29 is 17.6 Å². The Morgan fingerprint density at radius 1 is 1.09 bits per heavy atom. The number of benzene rings is 2. The molecule has 0 fully saturated rings. The molecule has 0 aliphatic rings. The molecule has 4 rings (SSSR count). The van der Waals surface area contributed by atoms with E-state index in [4.69, 9.17) is 16.0 Å². The van der Waals surface area contributed by atoms with Gasteiger partial charge in [-0.2, -0.15) is 0 Å². The van der Waals surface area contributed by atoms with Crippen molar-refractivity contribution in [1.82, 2.24) is 4.98 Å². The molecule has 0 saturated heterocycles. The highest BCUT2D eigenvalue weighted by atomic mass is 79.9. The van der Waals surface area contributed by atoms with Crippen LogP contribution in [0.2, 0.25) is 5.02 Å². The molecule has 11 heteroatoms. The number of halogens is 2. The fraction of sp³-hybridized carbons (Fsp3) is 0. The zero-order valence-electron chi connectivity index (χ0n) is 16.0. The molecule has 0 radical (unpaired) electrons. The lowest BCUT2D eigenvalue weighted by atomic mass is 10.1. The number of pyridine rings is 1. The van der Waals surface area contributed by atoms with Gasteiger partial charge >= 0.3 is 5.63 Å². The monoisotopic (exact) mass is 533 g/mol. The molecular weight excluding hydrogens is 522 g/mol. The van der Waals surface area contributed by atoms with Crippen LogP contribution in [0, 0.1) is 0 Å². The van der Waals surface area contributed by atoms with Crippen molar-refractivity contribution in [3.8, 4) is 0 Å². The van der Waals surface area contributed by atoms with Crippen molar-refractivity contribution in [3.05, 3.63) is 92.3 Å². The van der Waals surface area contributed by atoms with E-state index < -0.39 is 22.4 Å². The number of amides is 1. The topological polar surface area (TPSA) is 110 Å². The van der Waals surface area contributed by atoms with Gasteiger partial charge in [-0.15, -0.1) is 0 Å². The second-order valence-electron chi connectivity index (χ2n) is 6.48. The summed E-state index contributed by atoms with van der Waals surface area (Å²) >= 11 is 9.27. The number of aromatic nitrogens is 1. The third-order valence-electron chi connectivity index (χ3n) is 4.42. The number of carbonyl (C=O) groups excluding carboxylic acids is 1. The van der Waals surface area contributed by atoms with Crippen LogP contribution < -0.4 is 15.2 Å². The van der Waals surface area contributed by atoms with Gasteiger partial charge in [0, 0.05) is 33.9 Å². The Balaban J connectivity index is 1.68. The predicted octanol–water partition coefficient (Wildman–Crippen LogP) is 4.52. The maximum absolute atomic E-state index is 12.9. The third-order valence-corrected chi connectivity index (χ3v) is 6.40. The van der Waals surface area contributed by atoms with Gasteiger partial charge in [-0.1, -0.05) is 23.7 Å². The van der Waals surface area contributed by atoms with E-state index in [-0.39, 0.29) is 17.0 Å². The molecule has 1 amide bonds. The van der Waals surface area contributed by atoms with E-state index in [1.165, 1.54) is 36.5 Å². The molecule has 4 aromatic rings. The van der Waals surface area contributed by atoms with Crippen LogP contribution in [-0.2, 0) is 10.9 Å². The molecule has 0 spiro atoms. The number of hydrogen-bond donors (Lipinski definition) is 2. The number of para-hydroxylation sites is 1. The Hall–Kier alpha value is -3.21. The van der Waals surface area contributed by atoms with E-state index >= 15 is 0 Å². The SMILES string of the molecule is O=C(Nc1ccnc(N(c2ccc(Cl)c(Br)c2)[SH](=O)=O)c1)c1cccc2ccc(=O)oc12. The second kappa shape index (κ2) is 9.11. The molecule has 0 atom stereocenters. The van der Waals surface area contributed by atoms with Gasteiger partial charge < -0.3 is 9.73 Å². The highest BCUT2D eigenvalue weighted by molar-refractivity contribution is 9.10. The summed E-state index contributed by atoms with van der Waals surface area (Å²) in [6.45, 7) is 0. The highest BCUT2D eigenvalue weighted by Crippen LogP contribution is 2.32. The summed E-state index contributed by atoms with van der Waals surface area (Å²) in [5, 5.41) is 3.70. The van der Waals surface area contributed by atoms with E-state index in [1.807, 2.05) is 0 Å². The molecular formula is C21H13BrClN3O5S. The third kappa shape index (κ3) is 4.52. The predicted molar refractivity (Wildman–Crippen MR) is 126 cm³/mol. The van der Waals surface area contributed by atoms with Crippen molar-refractivity contribution in [2.45, 2.75) is 0 Å². The minimum Gasteiger partial charge on any atom is -0.422 e.